The molecule has 0 N–H and O–H groups in total. The third-order valence-corrected chi connectivity index (χ3v) is 2.27. The first kappa shape index (κ1) is 15.0. The van der Waals surface area contributed by atoms with Gasteiger partial charge in [0.25, 0.3) is 0 Å². The van der Waals surface area contributed by atoms with E-state index in [1.54, 1.807) is 0 Å². The molecule has 0 saturated carbocycles. The van der Waals surface area contributed by atoms with Crippen LogP contribution in [0.25, 0.3) is 0 Å². The highest BCUT2D eigenvalue weighted by molar-refractivity contribution is 5.68. The quantitative estimate of drug-likeness (QED) is 0.538. The van der Waals surface area contributed by atoms with E-state index in [2.05, 4.69) is 0 Å². The van der Waals surface area contributed by atoms with Crippen LogP contribution < -0.4 is 0 Å². The maximum Gasteiger partial charge on any atom is 0.303 e. The lowest BCUT2D eigenvalue weighted by atomic mass is 10.1. The van der Waals surface area contributed by atoms with Crippen LogP contribution >= 0.6 is 0 Å². The van der Waals surface area contributed by atoms with Crippen LogP contribution in [0.15, 0.2) is 12.3 Å². The Labute approximate surface area is 110 Å². The molecule has 0 radical (unpaired) electrons. The van der Waals surface area contributed by atoms with Crippen LogP contribution in [0.4, 0.5) is 0 Å². The van der Waals surface area contributed by atoms with Crippen LogP contribution in [0.5, 0.6) is 0 Å². The zero-order valence-electron chi connectivity index (χ0n) is 11.0. The number of esters is 3. The van der Waals surface area contributed by atoms with Crippen molar-refractivity contribution in [3.05, 3.63) is 12.3 Å². The largest absolute Gasteiger partial charge is 0.491 e. The molecule has 0 aromatic rings. The molecule has 19 heavy (non-hydrogen) atoms. The van der Waals surface area contributed by atoms with Crippen molar-refractivity contribution >= 4 is 17.9 Å². The van der Waals surface area contributed by atoms with E-state index < -0.39 is 36.2 Å². The van der Waals surface area contributed by atoms with Gasteiger partial charge >= 0.3 is 17.9 Å². The monoisotopic (exact) mass is 272 g/mol. The van der Waals surface area contributed by atoms with Crippen molar-refractivity contribution in [2.45, 2.75) is 39.1 Å². The molecular formula is C12H16O7. The molecule has 0 aromatic heterocycles. The van der Waals surface area contributed by atoms with Crippen molar-refractivity contribution in [2.75, 3.05) is 6.61 Å². The standard InChI is InChI=1S/C12H16O7/c1-7(13)17-6-11-12(19-9(3)15)10(4-5-16-11)18-8(2)14/h4-5,10-12H,6H2,1-3H3/t10?,11?,12-/m0/s1. The molecule has 0 fully saturated rings. The third-order valence-electron chi connectivity index (χ3n) is 2.27. The molecule has 7 nitrogen and oxygen atoms in total. The summed E-state index contributed by atoms with van der Waals surface area (Å²) in [6, 6.07) is 0. The van der Waals surface area contributed by atoms with Crippen LogP contribution in [-0.2, 0) is 33.3 Å². The summed E-state index contributed by atoms with van der Waals surface area (Å²) in [5, 5.41) is 0. The van der Waals surface area contributed by atoms with E-state index in [9.17, 15) is 14.4 Å². The van der Waals surface area contributed by atoms with Crippen LogP contribution in [0.1, 0.15) is 20.8 Å². The average Bonchev–Trinajstić information content (AvgIpc) is 2.28. The van der Waals surface area contributed by atoms with Crippen molar-refractivity contribution < 1.29 is 33.3 Å². The molecule has 1 aliphatic rings. The summed E-state index contributed by atoms with van der Waals surface area (Å²) in [7, 11) is 0. The Morgan fingerprint density at radius 3 is 2.21 bits per heavy atom. The maximum atomic E-state index is 11.1. The molecule has 1 aliphatic heterocycles. The summed E-state index contributed by atoms with van der Waals surface area (Å²) in [4.78, 5) is 32.9. The number of carbonyl (C=O) groups excluding carboxylic acids is 3. The van der Waals surface area contributed by atoms with Crippen molar-refractivity contribution in [1.29, 1.82) is 0 Å². The molecule has 7 heteroatoms. The average molecular weight is 272 g/mol. The van der Waals surface area contributed by atoms with Crippen LogP contribution in [0.2, 0.25) is 0 Å². The van der Waals surface area contributed by atoms with E-state index >= 15 is 0 Å². The summed E-state index contributed by atoms with van der Waals surface area (Å²) in [6.45, 7) is 3.62. The Hall–Kier alpha value is -2.05. The molecule has 0 saturated heterocycles. The number of hydrogen-bond donors (Lipinski definition) is 0. The van der Waals surface area contributed by atoms with Gasteiger partial charge in [-0.1, -0.05) is 0 Å². The molecule has 1 heterocycles. The fourth-order valence-electron chi connectivity index (χ4n) is 1.59. The van der Waals surface area contributed by atoms with Gasteiger partial charge in [-0.05, 0) is 6.08 Å². The highest BCUT2D eigenvalue weighted by atomic mass is 16.6. The Kier molecular flexibility index (Phi) is 5.35. The third kappa shape index (κ3) is 4.99. The van der Waals surface area contributed by atoms with Crippen molar-refractivity contribution in [2.24, 2.45) is 0 Å². The Morgan fingerprint density at radius 2 is 1.68 bits per heavy atom. The molecule has 0 amide bonds. The topological polar surface area (TPSA) is 88.1 Å². The van der Waals surface area contributed by atoms with Gasteiger partial charge in [0.15, 0.2) is 18.3 Å². The van der Waals surface area contributed by atoms with E-state index in [0.717, 1.165) is 0 Å². The van der Waals surface area contributed by atoms with E-state index in [4.69, 9.17) is 18.9 Å². The lowest BCUT2D eigenvalue weighted by Gasteiger charge is -2.32. The van der Waals surface area contributed by atoms with Gasteiger partial charge in [-0.25, -0.2) is 0 Å². The smallest absolute Gasteiger partial charge is 0.303 e. The lowest BCUT2D eigenvalue weighted by Crippen LogP contribution is -2.47. The number of rotatable bonds is 4. The zero-order valence-corrected chi connectivity index (χ0v) is 11.0. The molecule has 0 aliphatic carbocycles. The van der Waals surface area contributed by atoms with Gasteiger partial charge in [0, 0.05) is 20.8 Å². The minimum atomic E-state index is -0.856. The van der Waals surface area contributed by atoms with Crippen LogP contribution in [0, 0.1) is 0 Å². The van der Waals surface area contributed by atoms with Crippen molar-refractivity contribution in [1.82, 2.24) is 0 Å². The summed E-state index contributed by atoms with van der Waals surface area (Å²) in [5.41, 5.74) is 0. The maximum absolute atomic E-state index is 11.1. The molecule has 0 spiro atoms. The molecule has 106 valence electrons. The molecule has 0 aromatic carbocycles. The summed E-state index contributed by atoms with van der Waals surface area (Å²) < 4.78 is 20.1. The Balaban J connectivity index is 2.77. The van der Waals surface area contributed by atoms with E-state index in [-0.39, 0.29) is 6.61 Å². The first-order valence-corrected chi connectivity index (χ1v) is 5.70. The van der Waals surface area contributed by atoms with Gasteiger partial charge in [-0.2, -0.15) is 0 Å². The van der Waals surface area contributed by atoms with E-state index in [1.165, 1.54) is 33.1 Å². The minimum absolute atomic E-state index is 0.102. The number of ether oxygens (including phenoxy) is 4. The second-order valence-corrected chi connectivity index (χ2v) is 3.95. The Bertz CT molecular complexity index is 388. The first-order chi connectivity index (χ1) is 8.90. The number of hydrogen-bond acceptors (Lipinski definition) is 7. The second-order valence-electron chi connectivity index (χ2n) is 3.95. The minimum Gasteiger partial charge on any atom is -0.491 e. The van der Waals surface area contributed by atoms with Gasteiger partial charge in [-0.3, -0.25) is 14.4 Å². The van der Waals surface area contributed by atoms with Crippen molar-refractivity contribution in [3.63, 3.8) is 0 Å². The number of carbonyl (C=O) groups is 3. The second kappa shape index (κ2) is 6.77. The molecular weight excluding hydrogens is 256 g/mol. The fraction of sp³-hybridized carbons (Fsp3) is 0.583. The normalized spacial score (nSPS) is 25.1. The fourth-order valence-corrected chi connectivity index (χ4v) is 1.59. The molecule has 1 rings (SSSR count). The first-order valence-electron chi connectivity index (χ1n) is 5.70. The van der Waals surface area contributed by atoms with Gasteiger partial charge in [0.05, 0.1) is 6.26 Å². The summed E-state index contributed by atoms with van der Waals surface area (Å²) >= 11 is 0. The predicted octanol–water partition coefficient (Wildman–Crippen LogP) is 0.325. The van der Waals surface area contributed by atoms with E-state index in [1.807, 2.05) is 0 Å². The molecule has 3 atom stereocenters. The van der Waals surface area contributed by atoms with Gasteiger partial charge < -0.3 is 18.9 Å². The Morgan fingerprint density at radius 1 is 1.05 bits per heavy atom. The summed E-state index contributed by atoms with van der Waals surface area (Å²) in [6.07, 6.45) is 0.435. The van der Waals surface area contributed by atoms with E-state index in [0.29, 0.717) is 0 Å². The van der Waals surface area contributed by atoms with Gasteiger partial charge in [0.2, 0.25) is 0 Å². The molecule has 0 bridgehead atoms. The highest BCUT2D eigenvalue weighted by Gasteiger charge is 2.37. The predicted molar refractivity (Wildman–Crippen MR) is 61.8 cm³/mol. The van der Waals surface area contributed by atoms with Crippen LogP contribution in [0.3, 0.4) is 0 Å². The summed E-state index contributed by atoms with van der Waals surface area (Å²) in [5.74, 6) is -1.54. The SMILES string of the molecule is CC(=O)OCC1OC=CC(OC(C)=O)[C@@H]1OC(C)=O. The van der Waals surface area contributed by atoms with Crippen LogP contribution in [-0.4, -0.2) is 42.8 Å². The lowest BCUT2D eigenvalue weighted by molar-refractivity contribution is -0.178. The zero-order chi connectivity index (χ0) is 14.4. The highest BCUT2D eigenvalue weighted by Crippen LogP contribution is 2.19. The van der Waals surface area contributed by atoms with Gasteiger partial charge in [-0.15, -0.1) is 0 Å². The molecule has 2 unspecified atom stereocenters. The van der Waals surface area contributed by atoms with Gasteiger partial charge in [0.1, 0.15) is 6.61 Å². The van der Waals surface area contributed by atoms with Crippen molar-refractivity contribution in [3.8, 4) is 0 Å².